The molecule has 1 aliphatic heterocycles. The van der Waals surface area contributed by atoms with Crippen LogP contribution in [0.3, 0.4) is 0 Å². The number of piperidine rings is 1. The van der Waals surface area contributed by atoms with Gasteiger partial charge in [-0.15, -0.1) is 11.8 Å². The first-order valence-electron chi connectivity index (χ1n) is 7.04. The fourth-order valence-corrected chi connectivity index (χ4v) is 3.60. The summed E-state index contributed by atoms with van der Waals surface area (Å²) < 4.78 is 0. The molecule has 1 aromatic rings. The van der Waals surface area contributed by atoms with Crippen molar-refractivity contribution < 1.29 is 4.79 Å². The van der Waals surface area contributed by atoms with E-state index in [0.717, 1.165) is 24.3 Å². The standard InChI is InChI=1S/C15H21ClN2OS/c1-11(20-14-7-5-12(16)6-8-14)15(19)18-9-3-2-4-13(18)10-17/h5-8,11,13H,2-4,9-10,17H2,1H3. The van der Waals surface area contributed by atoms with Crippen molar-refractivity contribution in [3.63, 3.8) is 0 Å². The number of amides is 1. The maximum absolute atomic E-state index is 12.6. The molecule has 0 spiro atoms. The first kappa shape index (κ1) is 15.7. The fraction of sp³-hybridized carbons (Fsp3) is 0.533. The molecule has 1 heterocycles. The third kappa shape index (κ3) is 3.90. The second kappa shape index (κ2) is 7.34. The SMILES string of the molecule is CC(Sc1ccc(Cl)cc1)C(=O)N1CCCCC1CN. The summed E-state index contributed by atoms with van der Waals surface area (Å²) >= 11 is 7.45. The molecule has 1 fully saturated rings. The minimum absolute atomic E-state index is 0.0941. The minimum atomic E-state index is -0.0941. The van der Waals surface area contributed by atoms with Crippen LogP contribution in [-0.4, -0.2) is 35.2 Å². The maximum Gasteiger partial charge on any atom is 0.236 e. The first-order chi connectivity index (χ1) is 9.61. The topological polar surface area (TPSA) is 46.3 Å². The summed E-state index contributed by atoms with van der Waals surface area (Å²) in [6, 6.07) is 7.82. The predicted octanol–water partition coefficient (Wildman–Crippen LogP) is 3.16. The Morgan fingerprint density at radius 3 is 2.80 bits per heavy atom. The van der Waals surface area contributed by atoms with E-state index in [0.29, 0.717) is 11.6 Å². The lowest BCUT2D eigenvalue weighted by Crippen LogP contribution is -2.49. The van der Waals surface area contributed by atoms with Crippen LogP contribution in [-0.2, 0) is 4.79 Å². The molecule has 20 heavy (non-hydrogen) atoms. The van der Waals surface area contributed by atoms with Gasteiger partial charge in [-0.25, -0.2) is 0 Å². The van der Waals surface area contributed by atoms with Crippen LogP contribution in [0, 0.1) is 0 Å². The van der Waals surface area contributed by atoms with Gasteiger partial charge in [-0.05, 0) is 50.5 Å². The number of nitrogens with two attached hydrogens (primary N) is 1. The van der Waals surface area contributed by atoms with E-state index < -0.39 is 0 Å². The van der Waals surface area contributed by atoms with Gasteiger partial charge in [0.2, 0.25) is 5.91 Å². The Kier molecular flexibility index (Phi) is 5.75. The molecule has 1 aromatic carbocycles. The number of nitrogens with zero attached hydrogens (tertiary/aromatic N) is 1. The van der Waals surface area contributed by atoms with Gasteiger partial charge in [0.15, 0.2) is 0 Å². The molecule has 0 bridgehead atoms. The van der Waals surface area contributed by atoms with Gasteiger partial charge in [0.25, 0.3) is 0 Å². The lowest BCUT2D eigenvalue weighted by atomic mass is 10.0. The van der Waals surface area contributed by atoms with Crippen LogP contribution >= 0.6 is 23.4 Å². The molecule has 1 amide bonds. The van der Waals surface area contributed by atoms with Gasteiger partial charge >= 0.3 is 0 Å². The Hall–Kier alpha value is -0.710. The number of hydrogen-bond donors (Lipinski definition) is 1. The summed E-state index contributed by atoms with van der Waals surface area (Å²) in [5.74, 6) is 0.195. The summed E-state index contributed by atoms with van der Waals surface area (Å²) in [5.41, 5.74) is 5.79. The van der Waals surface area contributed by atoms with Crippen molar-refractivity contribution in [2.75, 3.05) is 13.1 Å². The summed E-state index contributed by atoms with van der Waals surface area (Å²) in [6.07, 6.45) is 3.28. The van der Waals surface area contributed by atoms with Crippen LogP contribution in [0.4, 0.5) is 0 Å². The largest absolute Gasteiger partial charge is 0.337 e. The summed E-state index contributed by atoms with van der Waals surface area (Å²) in [4.78, 5) is 15.6. The van der Waals surface area contributed by atoms with E-state index in [9.17, 15) is 4.79 Å². The average molecular weight is 313 g/mol. The zero-order valence-corrected chi connectivity index (χ0v) is 13.3. The van der Waals surface area contributed by atoms with E-state index in [2.05, 4.69) is 0 Å². The monoisotopic (exact) mass is 312 g/mol. The van der Waals surface area contributed by atoms with Gasteiger partial charge < -0.3 is 10.6 Å². The molecule has 0 saturated carbocycles. The molecule has 110 valence electrons. The fourth-order valence-electron chi connectivity index (χ4n) is 2.54. The highest BCUT2D eigenvalue weighted by atomic mass is 35.5. The van der Waals surface area contributed by atoms with E-state index in [1.165, 1.54) is 6.42 Å². The average Bonchev–Trinajstić information content (AvgIpc) is 2.48. The van der Waals surface area contributed by atoms with Crippen molar-refractivity contribution in [2.24, 2.45) is 5.73 Å². The number of halogens is 1. The molecule has 2 rings (SSSR count). The van der Waals surface area contributed by atoms with Crippen LogP contribution in [0.2, 0.25) is 5.02 Å². The number of thioether (sulfide) groups is 1. The van der Waals surface area contributed by atoms with Crippen molar-refractivity contribution in [2.45, 2.75) is 42.4 Å². The molecular weight excluding hydrogens is 292 g/mol. The predicted molar refractivity (Wildman–Crippen MR) is 85.2 cm³/mol. The zero-order valence-electron chi connectivity index (χ0n) is 11.7. The lowest BCUT2D eigenvalue weighted by molar-refractivity contribution is -0.133. The van der Waals surface area contributed by atoms with Gasteiger partial charge in [0.05, 0.1) is 5.25 Å². The van der Waals surface area contributed by atoms with Crippen molar-refractivity contribution >= 4 is 29.3 Å². The second-order valence-corrected chi connectivity index (χ2v) is 6.98. The lowest BCUT2D eigenvalue weighted by Gasteiger charge is -2.36. The number of carbonyl (C=O) groups excluding carboxylic acids is 1. The normalized spacial score (nSPS) is 20.8. The molecule has 3 nitrogen and oxygen atoms in total. The summed E-state index contributed by atoms with van der Waals surface area (Å²) in [5, 5.41) is 0.621. The highest BCUT2D eigenvalue weighted by Gasteiger charge is 2.29. The highest BCUT2D eigenvalue weighted by molar-refractivity contribution is 8.00. The van der Waals surface area contributed by atoms with Crippen molar-refractivity contribution in [1.29, 1.82) is 0 Å². The van der Waals surface area contributed by atoms with Crippen molar-refractivity contribution in [1.82, 2.24) is 4.90 Å². The molecular formula is C15H21ClN2OS. The number of rotatable bonds is 4. The van der Waals surface area contributed by atoms with Crippen molar-refractivity contribution in [3.05, 3.63) is 29.3 Å². The molecule has 1 aliphatic rings. The Morgan fingerprint density at radius 1 is 1.45 bits per heavy atom. The quantitative estimate of drug-likeness (QED) is 0.869. The molecule has 0 aliphatic carbocycles. The first-order valence-corrected chi connectivity index (χ1v) is 8.30. The van der Waals surface area contributed by atoms with E-state index in [-0.39, 0.29) is 17.2 Å². The molecule has 2 atom stereocenters. The Morgan fingerprint density at radius 2 is 2.15 bits per heavy atom. The van der Waals surface area contributed by atoms with E-state index >= 15 is 0 Å². The number of carbonyl (C=O) groups is 1. The highest BCUT2D eigenvalue weighted by Crippen LogP contribution is 2.27. The Labute approximate surface area is 129 Å². The Bertz CT molecular complexity index is 452. The van der Waals surface area contributed by atoms with Crippen LogP contribution in [0.5, 0.6) is 0 Å². The number of likely N-dealkylation sites (tertiary alicyclic amines) is 1. The Balaban J connectivity index is 1.98. The van der Waals surface area contributed by atoms with Gasteiger partial charge in [-0.2, -0.15) is 0 Å². The summed E-state index contributed by atoms with van der Waals surface area (Å²) in [7, 11) is 0. The molecule has 0 radical (unpaired) electrons. The van der Waals surface area contributed by atoms with E-state index in [1.54, 1.807) is 11.8 Å². The molecule has 2 unspecified atom stereocenters. The minimum Gasteiger partial charge on any atom is -0.337 e. The van der Waals surface area contributed by atoms with Gasteiger partial charge in [0.1, 0.15) is 0 Å². The van der Waals surface area contributed by atoms with Crippen LogP contribution < -0.4 is 5.73 Å². The third-order valence-electron chi connectivity index (χ3n) is 3.66. The van der Waals surface area contributed by atoms with Crippen LogP contribution in [0.15, 0.2) is 29.2 Å². The maximum atomic E-state index is 12.6. The molecule has 0 aromatic heterocycles. The molecule has 2 N–H and O–H groups in total. The van der Waals surface area contributed by atoms with Gasteiger partial charge in [-0.3, -0.25) is 4.79 Å². The smallest absolute Gasteiger partial charge is 0.236 e. The number of hydrogen-bond acceptors (Lipinski definition) is 3. The van der Waals surface area contributed by atoms with Gasteiger partial charge in [0, 0.05) is 29.0 Å². The number of benzene rings is 1. The third-order valence-corrected chi connectivity index (χ3v) is 5.01. The molecule has 1 saturated heterocycles. The van der Waals surface area contributed by atoms with E-state index in [1.807, 2.05) is 36.1 Å². The molecule has 5 heteroatoms. The van der Waals surface area contributed by atoms with Gasteiger partial charge in [-0.1, -0.05) is 11.6 Å². The van der Waals surface area contributed by atoms with Crippen molar-refractivity contribution in [3.8, 4) is 0 Å². The van der Waals surface area contributed by atoms with E-state index in [4.69, 9.17) is 17.3 Å². The second-order valence-electron chi connectivity index (χ2n) is 5.13. The van der Waals surface area contributed by atoms with Crippen LogP contribution in [0.1, 0.15) is 26.2 Å². The summed E-state index contributed by atoms with van der Waals surface area (Å²) in [6.45, 7) is 3.36. The van der Waals surface area contributed by atoms with Crippen LogP contribution in [0.25, 0.3) is 0 Å². The zero-order chi connectivity index (χ0) is 14.5.